The molecule has 0 aromatic rings. The minimum absolute atomic E-state index is 0.00880. The van der Waals surface area contributed by atoms with E-state index in [9.17, 15) is 4.79 Å². The molecule has 98 valence electrons. The molecule has 0 saturated carbocycles. The Hall–Kier alpha value is -0.810. The third-order valence-corrected chi connectivity index (χ3v) is 3.75. The monoisotopic (exact) mass is 242 g/mol. The largest absolute Gasteiger partial charge is 0.396 e. The molecule has 17 heavy (non-hydrogen) atoms. The van der Waals surface area contributed by atoms with Gasteiger partial charge in [0, 0.05) is 26.3 Å². The minimum atomic E-state index is -0.00880. The number of hydrogen-bond donors (Lipinski definition) is 2. The molecule has 2 heterocycles. The third kappa shape index (κ3) is 3.10. The lowest BCUT2D eigenvalue weighted by molar-refractivity contribution is 0.106. The fourth-order valence-corrected chi connectivity index (χ4v) is 2.57. The summed E-state index contributed by atoms with van der Waals surface area (Å²) in [7, 11) is 0. The summed E-state index contributed by atoms with van der Waals surface area (Å²) < 4.78 is 5.42. The van der Waals surface area contributed by atoms with E-state index in [0.29, 0.717) is 6.54 Å². The summed E-state index contributed by atoms with van der Waals surface area (Å²) in [5.41, 5.74) is 0. The number of nitrogens with one attached hydrogen (secondary N) is 1. The van der Waals surface area contributed by atoms with E-state index in [1.165, 1.54) is 0 Å². The van der Waals surface area contributed by atoms with Crippen LogP contribution in [0.15, 0.2) is 0 Å². The van der Waals surface area contributed by atoms with Gasteiger partial charge in [-0.1, -0.05) is 0 Å². The molecule has 2 N–H and O–H groups in total. The number of ether oxygens (including phenoxy) is 1. The van der Waals surface area contributed by atoms with Crippen LogP contribution >= 0.6 is 0 Å². The summed E-state index contributed by atoms with van der Waals surface area (Å²) in [6.45, 7) is 4.36. The Kier molecular flexibility index (Phi) is 4.23. The quantitative estimate of drug-likeness (QED) is 0.744. The smallest absolute Gasteiger partial charge is 0.317 e. The van der Waals surface area contributed by atoms with Crippen LogP contribution in [0.2, 0.25) is 0 Å². The molecule has 2 aliphatic rings. The molecule has 2 aliphatic heterocycles. The number of carbonyl (C=O) groups excluding carboxylic acids is 1. The highest BCUT2D eigenvalue weighted by molar-refractivity contribution is 5.74. The average molecular weight is 242 g/mol. The summed E-state index contributed by atoms with van der Waals surface area (Å²) in [4.78, 5) is 13.9. The van der Waals surface area contributed by atoms with Gasteiger partial charge in [0.2, 0.25) is 0 Å². The van der Waals surface area contributed by atoms with E-state index in [1.807, 2.05) is 11.8 Å². The molecule has 0 aromatic heterocycles. The van der Waals surface area contributed by atoms with Crippen LogP contribution in [0, 0.1) is 5.92 Å². The van der Waals surface area contributed by atoms with Crippen LogP contribution < -0.4 is 5.32 Å². The number of carbonyl (C=O) groups is 1. The van der Waals surface area contributed by atoms with Crippen LogP contribution in [0.1, 0.15) is 26.2 Å². The van der Waals surface area contributed by atoms with Gasteiger partial charge in [0.25, 0.3) is 0 Å². The van der Waals surface area contributed by atoms with Gasteiger partial charge in [0.1, 0.15) is 0 Å². The first kappa shape index (κ1) is 12.6. The highest BCUT2D eigenvalue weighted by Crippen LogP contribution is 2.17. The Morgan fingerprint density at radius 1 is 1.53 bits per heavy atom. The van der Waals surface area contributed by atoms with Gasteiger partial charge in [0.05, 0.1) is 12.1 Å². The summed E-state index contributed by atoms with van der Waals surface area (Å²) in [5, 5.41) is 12.2. The van der Waals surface area contributed by atoms with E-state index in [-0.39, 0.29) is 30.7 Å². The Balaban J connectivity index is 1.82. The molecule has 2 saturated heterocycles. The maximum atomic E-state index is 12.0. The van der Waals surface area contributed by atoms with E-state index < -0.39 is 0 Å². The van der Waals surface area contributed by atoms with Crippen molar-refractivity contribution in [1.82, 2.24) is 10.2 Å². The van der Waals surface area contributed by atoms with E-state index in [4.69, 9.17) is 9.84 Å². The fourth-order valence-electron chi connectivity index (χ4n) is 2.57. The zero-order valence-electron chi connectivity index (χ0n) is 10.4. The van der Waals surface area contributed by atoms with Gasteiger partial charge in [-0.2, -0.15) is 0 Å². The zero-order valence-corrected chi connectivity index (χ0v) is 10.4. The molecule has 3 atom stereocenters. The zero-order chi connectivity index (χ0) is 12.3. The summed E-state index contributed by atoms with van der Waals surface area (Å²) in [6.07, 6.45) is 3.00. The number of nitrogens with zero attached hydrogens (tertiary/aromatic N) is 1. The number of aliphatic hydroxyl groups excluding tert-OH is 1. The van der Waals surface area contributed by atoms with E-state index in [2.05, 4.69) is 5.32 Å². The van der Waals surface area contributed by atoms with Crippen LogP contribution in [-0.4, -0.2) is 54.5 Å². The van der Waals surface area contributed by atoms with Crippen molar-refractivity contribution in [1.29, 1.82) is 0 Å². The molecule has 5 heteroatoms. The molecule has 5 nitrogen and oxygen atoms in total. The van der Waals surface area contributed by atoms with Gasteiger partial charge >= 0.3 is 6.03 Å². The molecule has 0 radical (unpaired) electrons. The predicted octanol–water partition coefficient (Wildman–Crippen LogP) is 0.578. The molecule has 0 bridgehead atoms. The molecule has 0 aliphatic carbocycles. The lowest BCUT2D eigenvalue weighted by Gasteiger charge is -2.33. The summed E-state index contributed by atoms with van der Waals surface area (Å²) in [5.74, 6) is 0.242. The Bertz CT molecular complexity index is 272. The second-order valence-electron chi connectivity index (χ2n) is 5.06. The van der Waals surface area contributed by atoms with Crippen LogP contribution in [0.3, 0.4) is 0 Å². The van der Waals surface area contributed by atoms with Gasteiger partial charge in [-0.05, 0) is 32.1 Å². The van der Waals surface area contributed by atoms with Crippen molar-refractivity contribution in [2.24, 2.45) is 5.92 Å². The SMILES string of the molecule is CC1OCCC1NC(=O)N1CCCC(CO)C1. The number of aliphatic hydroxyl groups is 1. The topological polar surface area (TPSA) is 61.8 Å². The van der Waals surface area contributed by atoms with Crippen LogP contribution in [0.25, 0.3) is 0 Å². The maximum Gasteiger partial charge on any atom is 0.317 e. The van der Waals surface area contributed by atoms with Crippen molar-refractivity contribution >= 4 is 6.03 Å². The molecule has 0 spiro atoms. The summed E-state index contributed by atoms with van der Waals surface area (Å²) >= 11 is 0. The standard InChI is InChI=1S/C12H22N2O3/c1-9-11(4-6-17-9)13-12(16)14-5-2-3-10(7-14)8-15/h9-11,15H,2-8H2,1H3,(H,13,16). The number of rotatable bonds is 2. The van der Waals surface area contributed by atoms with Gasteiger partial charge in [-0.15, -0.1) is 0 Å². The molecule has 2 amide bonds. The maximum absolute atomic E-state index is 12.0. The van der Waals surface area contributed by atoms with Gasteiger partial charge in [-0.3, -0.25) is 0 Å². The summed E-state index contributed by atoms with van der Waals surface area (Å²) in [6, 6.07) is 0.127. The highest BCUT2D eigenvalue weighted by atomic mass is 16.5. The van der Waals surface area contributed by atoms with Crippen molar-refractivity contribution in [3.63, 3.8) is 0 Å². The average Bonchev–Trinajstić information content (AvgIpc) is 2.75. The third-order valence-electron chi connectivity index (χ3n) is 3.75. The number of amides is 2. The molecule has 2 fully saturated rings. The fraction of sp³-hybridized carbons (Fsp3) is 0.917. The first-order chi connectivity index (χ1) is 8.20. The first-order valence-electron chi connectivity index (χ1n) is 6.48. The Labute approximate surface area is 102 Å². The molecular formula is C12H22N2O3. The highest BCUT2D eigenvalue weighted by Gasteiger charge is 2.29. The lowest BCUT2D eigenvalue weighted by Crippen LogP contribution is -2.50. The van der Waals surface area contributed by atoms with Crippen molar-refractivity contribution in [3.05, 3.63) is 0 Å². The molecule has 0 aromatic carbocycles. The number of urea groups is 1. The van der Waals surface area contributed by atoms with Crippen LogP contribution in [0.5, 0.6) is 0 Å². The van der Waals surface area contributed by atoms with Crippen molar-refractivity contribution < 1.29 is 14.6 Å². The van der Waals surface area contributed by atoms with E-state index >= 15 is 0 Å². The minimum Gasteiger partial charge on any atom is -0.396 e. The molecular weight excluding hydrogens is 220 g/mol. The van der Waals surface area contributed by atoms with Crippen LogP contribution in [0.4, 0.5) is 4.79 Å². The molecule has 3 unspecified atom stereocenters. The van der Waals surface area contributed by atoms with Crippen molar-refractivity contribution in [2.75, 3.05) is 26.3 Å². The Morgan fingerprint density at radius 2 is 2.35 bits per heavy atom. The first-order valence-corrected chi connectivity index (χ1v) is 6.48. The number of likely N-dealkylation sites (tertiary alicyclic amines) is 1. The van der Waals surface area contributed by atoms with Gasteiger partial charge < -0.3 is 20.1 Å². The lowest BCUT2D eigenvalue weighted by atomic mass is 9.99. The normalized spacial score (nSPS) is 33.8. The van der Waals surface area contributed by atoms with E-state index in [0.717, 1.165) is 32.4 Å². The second kappa shape index (κ2) is 5.69. The van der Waals surface area contributed by atoms with Gasteiger partial charge in [-0.25, -0.2) is 4.79 Å². The number of hydrogen-bond acceptors (Lipinski definition) is 3. The molecule has 2 rings (SSSR count). The predicted molar refractivity (Wildman–Crippen MR) is 63.7 cm³/mol. The van der Waals surface area contributed by atoms with E-state index in [1.54, 1.807) is 0 Å². The van der Waals surface area contributed by atoms with Crippen molar-refractivity contribution in [3.8, 4) is 0 Å². The van der Waals surface area contributed by atoms with Gasteiger partial charge in [0.15, 0.2) is 0 Å². The second-order valence-corrected chi connectivity index (χ2v) is 5.06. The van der Waals surface area contributed by atoms with Crippen molar-refractivity contribution in [2.45, 2.75) is 38.3 Å². The Morgan fingerprint density at radius 3 is 3.00 bits per heavy atom. The number of piperidine rings is 1. The van der Waals surface area contributed by atoms with Crippen LogP contribution in [-0.2, 0) is 4.74 Å².